The highest BCUT2D eigenvalue weighted by Crippen LogP contribution is 2.31. The Morgan fingerprint density at radius 1 is 1.26 bits per heavy atom. The lowest BCUT2D eigenvalue weighted by Crippen LogP contribution is -2.06. The molecular formula is C10H9F3N4O2. The van der Waals surface area contributed by atoms with Gasteiger partial charge in [-0.15, -0.1) is 5.10 Å². The summed E-state index contributed by atoms with van der Waals surface area (Å²) in [6, 6.07) is 2.18. The van der Waals surface area contributed by atoms with E-state index in [4.69, 9.17) is 9.47 Å². The van der Waals surface area contributed by atoms with Crippen molar-refractivity contribution in [3.63, 3.8) is 0 Å². The van der Waals surface area contributed by atoms with Gasteiger partial charge in [0.05, 0.1) is 13.3 Å². The third kappa shape index (κ3) is 2.92. The van der Waals surface area contributed by atoms with Crippen LogP contribution in [0.1, 0.15) is 5.69 Å². The molecule has 0 unspecified atom stereocenters. The predicted octanol–water partition coefficient (Wildman–Crippen LogP) is 2.03. The van der Waals surface area contributed by atoms with Gasteiger partial charge in [-0.25, -0.2) is 4.68 Å². The lowest BCUT2D eigenvalue weighted by Gasteiger charge is -2.04. The highest BCUT2D eigenvalue weighted by atomic mass is 19.4. The summed E-state index contributed by atoms with van der Waals surface area (Å²) in [6.45, 7) is 0. The van der Waals surface area contributed by atoms with Gasteiger partial charge in [-0.3, -0.25) is 0 Å². The summed E-state index contributed by atoms with van der Waals surface area (Å²) in [5, 5.41) is 10.5. The van der Waals surface area contributed by atoms with Crippen molar-refractivity contribution in [3.8, 4) is 17.5 Å². The van der Waals surface area contributed by atoms with E-state index in [0.717, 1.165) is 10.7 Å². The Hall–Kier alpha value is -2.32. The molecule has 0 amide bonds. The summed E-state index contributed by atoms with van der Waals surface area (Å²) in [7, 11) is 2.75. The summed E-state index contributed by atoms with van der Waals surface area (Å²) in [6.07, 6.45) is -3.18. The molecular weight excluding hydrogens is 265 g/mol. The minimum Gasteiger partial charge on any atom is -0.495 e. The van der Waals surface area contributed by atoms with Crippen LogP contribution in [0.25, 0.3) is 0 Å². The van der Waals surface area contributed by atoms with E-state index in [1.54, 1.807) is 0 Å². The van der Waals surface area contributed by atoms with Crippen LogP contribution >= 0.6 is 0 Å². The molecule has 0 atom stereocenters. The van der Waals surface area contributed by atoms with Crippen LogP contribution in [-0.4, -0.2) is 27.1 Å². The summed E-state index contributed by atoms with van der Waals surface area (Å²) >= 11 is 0. The minimum atomic E-state index is -4.53. The Kier molecular flexibility index (Phi) is 3.28. The lowest BCUT2D eigenvalue weighted by atomic mass is 10.4. The molecule has 0 aliphatic heterocycles. The number of hydrogen-bond donors (Lipinski definition) is 0. The third-order valence-corrected chi connectivity index (χ3v) is 2.18. The molecule has 0 aliphatic carbocycles. The largest absolute Gasteiger partial charge is 0.495 e. The summed E-state index contributed by atoms with van der Waals surface area (Å²) in [5.41, 5.74) is -1.04. The summed E-state index contributed by atoms with van der Waals surface area (Å²) in [5.74, 6) is 0.286. The zero-order chi connectivity index (χ0) is 14.0. The smallest absolute Gasteiger partial charge is 0.435 e. The maximum atomic E-state index is 12.5. The molecule has 0 N–H and O–H groups in total. The highest BCUT2D eigenvalue weighted by Gasteiger charge is 2.35. The average molecular weight is 274 g/mol. The van der Waals surface area contributed by atoms with Crippen LogP contribution in [0.3, 0.4) is 0 Å². The molecule has 0 aliphatic rings. The maximum Gasteiger partial charge on any atom is 0.435 e. The molecule has 2 heterocycles. The molecule has 0 fully saturated rings. The molecule has 0 saturated carbocycles. The predicted molar refractivity (Wildman–Crippen MR) is 56.9 cm³/mol. The van der Waals surface area contributed by atoms with Crippen molar-refractivity contribution in [2.24, 2.45) is 7.05 Å². The van der Waals surface area contributed by atoms with Crippen LogP contribution in [0.2, 0.25) is 0 Å². The zero-order valence-electron chi connectivity index (χ0n) is 9.97. The third-order valence-electron chi connectivity index (χ3n) is 2.18. The molecule has 0 saturated heterocycles. The number of alkyl halides is 3. The molecule has 2 aromatic rings. The summed E-state index contributed by atoms with van der Waals surface area (Å²) < 4.78 is 48.4. The first-order chi connectivity index (χ1) is 8.90. The fourth-order valence-corrected chi connectivity index (χ4v) is 1.28. The van der Waals surface area contributed by atoms with E-state index in [2.05, 4.69) is 15.3 Å². The van der Waals surface area contributed by atoms with E-state index in [1.807, 2.05) is 0 Å². The van der Waals surface area contributed by atoms with Gasteiger partial charge < -0.3 is 9.47 Å². The second-order valence-electron chi connectivity index (χ2n) is 3.52. The second kappa shape index (κ2) is 4.75. The van der Waals surface area contributed by atoms with Crippen LogP contribution in [0.15, 0.2) is 18.3 Å². The number of rotatable bonds is 3. The fourth-order valence-electron chi connectivity index (χ4n) is 1.28. The molecule has 2 rings (SSSR count). The molecule has 0 bridgehead atoms. The summed E-state index contributed by atoms with van der Waals surface area (Å²) in [4.78, 5) is 0. The van der Waals surface area contributed by atoms with E-state index in [1.165, 1.54) is 26.4 Å². The van der Waals surface area contributed by atoms with Crippen molar-refractivity contribution in [2.75, 3.05) is 7.11 Å². The van der Waals surface area contributed by atoms with E-state index in [9.17, 15) is 13.2 Å². The van der Waals surface area contributed by atoms with Crippen molar-refractivity contribution in [1.29, 1.82) is 0 Å². The number of ether oxygens (including phenoxy) is 2. The van der Waals surface area contributed by atoms with Gasteiger partial charge in [0, 0.05) is 19.2 Å². The Labute approximate surface area is 105 Å². The van der Waals surface area contributed by atoms with Gasteiger partial charge in [-0.05, 0) is 0 Å². The zero-order valence-corrected chi connectivity index (χ0v) is 9.97. The Bertz CT molecular complexity index is 582. The fraction of sp³-hybridized carbons (Fsp3) is 0.300. The van der Waals surface area contributed by atoms with Gasteiger partial charge in [0.2, 0.25) is 11.8 Å². The van der Waals surface area contributed by atoms with E-state index in [-0.39, 0.29) is 11.8 Å². The molecule has 19 heavy (non-hydrogen) atoms. The molecule has 0 spiro atoms. The first kappa shape index (κ1) is 13.1. The van der Waals surface area contributed by atoms with Crippen molar-refractivity contribution < 1.29 is 22.6 Å². The number of aryl methyl sites for hydroxylation is 1. The number of hydrogen-bond acceptors (Lipinski definition) is 5. The van der Waals surface area contributed by atoms with E-state index >= 15 is 0 Å². The van der Waals surface area contributed by atoms with Crippen molar-refractivity contribution in [3.05, 3.63) is 24.0 Å². The Balaban J connectivity index is 2.26. The van der Waals surface area contributed by atoms with Gasteiger partial charge in [0.25, 0.3) is 0 Å². The first-order valence-corrected chi connectivity index (χ1v) is 5.06. The SMILES string of the molecule is COc1cnnc(Oc2cc(C(F)(F)F)nn2C)c1. The number of methoxy groups -OCH3 is 1. The van der Waals surface area contributed by atoms with Crippen molar-refractivity contribution >= 4 is 0 Å². The van der Waals surface area contributed by atoms with Crippen LogP contribution in [0.4, 0.5) is 13.2 Å². The lowest BCUT2D eigenvalue weighted by molar-refractivity contribution is -0.141. The monoisotopic (exact) mass is 274 g/mol. The molecule has 2 aromatic heterocycles. The van der Waals surface area contributed by atoms with Crippen LogP contribution in [0.5, 0.6) is 17.5 Å². The normalized spacial score (nSPS) is 11.4. The second-order valence-corrected chi connectivity index (χ2v) is 3.52. The van der Waals surface area contributed by atoms with E-state index < -0.39 is 11.9 Å². The first-order valence-electron chi connectivity index (χ1n) is 5.06. The Morgan fingerprint density at radius 3 is 2.58 bits per heavy atom. The van der Waals surface area contributed by atoms with Crippen LogP contribution in [0, 0.1) is 0 Å². The molecule has 0 aromatic carbocycles. The van der Waals surface area contributed by atoms with Gasteiger partial charge in [-0.1, -0.05) is 0 Å². The van der Waals surface area contributed by atoms with Gasteiger partial charge >= 0.3 is 6.18 Å². The minimum absolute atomic E-state index is 0.0103. The molecule has 9 heteroatoms. The number of aromatic nitrogens is 4. The van der Waals surface area contributed by atoms with Crippen molar-refractivity contribution in [1.82, 2.24) is 20.0 Å². The Morgan fingerprint density at radius 2 is 2.00 bits per heavy atom. The standard InChI is InChI=1S/C10H9F3N4O2/c1-17-9(4-7(16-17)10(11,12)13)19-8-3-6(18-2)5-14-15-8/h3-5H,1-2H3. The quantitative estimate of drug-likeness (QED) is 0.857. The van der Waals surface area contributed by atoms with Gasteiger partial charge in [0.1, 0.15) is 5.75 Å². The number of nitrogens with zero attached hydrogens (tertiary/aromatic N) is 4. The van der Waals surface area contributed by atoms with Gasteiger partial charge in [0.15, 0.2) is 5.69 Å². The molecule has 6 nitrogen and oxygen atoms in total. The van der Waals surface area contributed by atoms with Crippen molar-refractivity contribution in [2.45, 2.75) is 6.18 Å². The molecule has 0 radical (unpaired) electrons. The topological polar surface area (TPSA) is 62.1 Å². The maximum absolute atomic E-state index is 12.5. The highest BCUT2D eigenvalue weighted by molar-refractivity contribution is 5.27. The van der Waals surface area contributed by atoms with Crippen LogP contribution < -0.4 is 9.47 Å². The van der Waals surface area contributed by atoms with Crippen LogP contribution in [-0.2, 0) is 13.2 Å². The number of halogens is 3. The van der Waals surface area contributed by atoms with E-state index in [0.29, 0.717) is 5.75 Å². The van der Waals surface area contributed by atoms with Gasteiger partial charge in [-0.2, -0.15) is 23.4 Å². The molecule has 102 valence electrons. The average Bonchev–Trinajstić information content (AvgIpc) is 2.71.